The summed E-state index contributed by atoms with van der Waals surface area (Å²) in [5.41, 5.74) is 8.97. The van der Waals surface area contributed by atoms with Gasteiger partial charge in [0.05, 0.1) is 7.11 Å². The molecule has 1 aromatic carbocycles. The van der Waals surface area contributed by atoms with Crippen molar-refractivity contribution in [3.8, 4) is 16.3 Å². The van der Waals surface area contributed by atoms with E-state index in [0.717, 1.165) is 32.9 Å². The van der Waals surface area contributed by atoms with Gasteiger partial charge in [0.2, 0.25) is 0 Å². The van der Waals surface area contributed by atoms with Crippen LogP contribution in [0.3, 0.4) is 0 Å². The van der Waals surface area contributed by atoms with E-state index in [9.17, 15) is 0 Å². The monoisotopic (exact) mass is 259 g/mol. The first-order valence-corrected chi connectivity index (χ1v) is 6.44. The lowest BCUT2D eigenvalue weighted by Crippen LogP contribution is -1.85. The van der Waals surface area contributed by atoms with Crippen molar-refractivity contribution in [2.24, 2.45) is 0 Å². The highest BCUT2D eigenvalue weighted by Crippen LogP contribution is 2.36. The van der Waals surface area contributed by atoms with Crippen LogP contribution in [0.2, 0.25) is 0 Å². The number of methoxy groups -OCH3 is 1. The molecule has 0 radical (unpaired) electrons. The number of thiazole rings is 1. The SMILES string of the molecule is COc1ccc2[nH]c(C)c(-c3nc(N)cs3)c2c1. The second-order valence-corrected chi connectivity index (χ2v) is 4.97. The number of H-pyrrole nitrogens is 1. The summed E-state index contributed by atoms with van der Waals surface area (Å²) in [5.74, 6) is 1.40. The number of ether oxygens (including phenoxy) is 1. The summed E-state index contributed by atoms with van der Waals surface area (Å²) in [4.78, 5) is 7.71. The van der Waals surface area contributed by atoms with E-state index in [1.54, 1.807) is 18.4 Å². The van der Waals surface area contributed by atoms with Crippen molar-refractivity contribution in [3.63, 3.8) is 0 Å². The van der Waals surface area contributed by atoms with Crippen LogP contribution in [0.1, 0.15) is 5.69 Å². The lowest BCUT2D eigenvalue weighted by atomic mass is 10.1. The van der Waals surface area contributed by atoms with Gasteiger partial charge in [0.1, 0.15) is 16.6 Å². The Morgan fingerprint density at radius 2 is 2.22 bits per heavy atom. The zero-order valence-corrected chi connectivity index (χ0v) is 11.0. The van der Waals surface area contributed by atoms with E-state index >= 15 is 0 Å². The zero-order valence-electron chi connectivity index (χ0n) is 10.2. The Bertz CT molecular complexity index is 714. The van der Waals surface area contributed by atoms with Crippen molar-refractivity contribution in [2.45, 2.75) is 6.92 Å². The normalized spacial score (nSPS) is 11.0. The number of aromatic nitrogens is 2. The molecule has 0 aliphatic heterocycles. The standard InChI is InChI=1S/C13H13N3OS/c1-7-12(13-16-11(14)6-18-13)9-5-8(17-2)3-4-10(9)15-7/h3-6,15H,14H2,1-2H3. The Kier molecular flexibility index (Phi) is 2.48. The van der Waals surface area contributed by atoms with Gasteiger partial charge < -0.3 is 15.5 Å². The van der Waals surface area contributed by atoms with Gasteiger partial charge >= 0.3 is 0 Å². The van der Waals surface area contributed by atoms with Gasteiger partial charge in [0.15, 0.2) is 0 Å². The van der Waals surface area contributed by atoms with Crippen LogP contribution < -0.4 is 10.5 Å². The number of aryl methyl sites for hydroxylation is 1. The summed E-state index contributed by atoms with van der Waals surface area (Å²) in [6.07, 6.45) is 0. The number of rotatable bonds is 2. The maximum atomic E-state index is 5.70. The highest BCUT2D eigenvalue weighted by Gasteiger charge is 2.14. The molecule has 3 rings (SSSR count). The molecular formula is C13H13N3OS. The van der Waals surface area contributed by atoms with E-state index in [1.807, 2.05) is 30.5 Å². The van der Waals surface area contributed by atoms with Crippen molar-refractivity contribution < 1.29 is 4.74 Å². The van der Waals surface area contributed by atoms with Crippen molar-refractivity contribution in [3.05, 3.63) is 29.3 Å². The lowest BCUT2D eigenvalue weighted by Gasteiger charge is -2.00. The molecule has 0 aliphatic rings. The van der Waals surface area contributed by atoms with Crippen LogP contribution in [0.25, 0.3) is 21.5 Å². The van der Waals surface area contributed by atoms with Crippen LogP contribution in [-0.2, 0) is 0 Å². The second-order valence-electron chi connectivity index (χ2n) is 4.11. The summed E-state index contributed by atoms with van der Waals surface area (Å²) < 4.78 is 5.27. The van der Waals surface area contributed by atoms with Crippen LogP contribution >= 0.6 is 11.3 Å². The number of aromatic amines is 1. The Labute approximate surface area is 108 Å². The van der Waals surface area contributed by atoms with E-state index in [1.165, 1.54) is 0 Å². The van der Waals surface area contributed by atoms with Crippen molar-refractivity contribution in [1.82, 2.24) is 9.97 Å². The molecule has 92 valence electrons. The molecule has 3 N–H and O–H groups in total. The van der Waals surface area contributed by atoms with Gasteiger partial charge in [-0.1, -0.05) is 0 Å². The minimum Gasteiger partial charge on any atom is -0.497 e. The summed E-state index contributed by atoms with van der Waals surface area (Å²) in [6, 6.07) is 5.98. The average molecular weight is 259 g/mol. The summed E-state index contributed by atoms with van der Waals surface area (Å²) in [7, 11) is 1.67. The van der Waals surface area contributed by atoms with Gasteiger partial charge in [-0.3, -0.25) is 0 Å². The molecule has 0 atom stereocenters. The van der Waals surface area contributed by atoms with Crippen molar-refractivity contribution in [2.75, 3.05) is 12.8 Å². The number of nitrogen functional groups attached to an aromatic ring is 1. The van der Waals surface area contributed by atoms with E-state index < -0.39 is 0 Å². The predicted molar refractivity (Wildman–Crippen MR) is 75.1 cm³/mol. The average Bonchev–Trinajstić information content (AvgIpc) is 2.90. The molecule has 0 fully saturated rings. The molecule has 0 spiro atoms. The Balaban J connectivity index is 2.29. The third-order valence-electron chi connectivity index (χ3n) is 2.93. The van der Waals surface area contributed by atoms with Gasteiger partial charge in [0, 0.05) is 27.5 Å². The van der Waals surface area contributed by atoms with Crippen LogP contribution in [0.15, 0.2) is 23.6 Å². The molecule has 2 heterocycles. The van der Waals surface area contributed by atoms with Crippen molar-refractivity contribution >= 4 is 28.1 Å². The fraction of sp³-hybridized carbons (Fsp3) is 0.154. The van der Waals surface area contributed by atoms with E-state index in [2.05, 4.69) is 9.97 Å². The third-order valence-corrected chi connectivity index (χ3v) is 3.81. The molecule has 2 aromatic heterocycles. The summed E-state index contributed by atoms with van der Waals surface area (Å²) >= 11 is 1.55. The molecule has 0 aliphatic carbocycles. The third kappa shape index (κ3) is 1.64. The number of nitrogens with two attached hydrogens (primary N) is 1. The first kappa shape index (κ1) is 11.1. The molecule has 18 heavy (non-hydrogen) atoms. The maximum absolute atomic E-state index is 5.70. The van der Waals surface area contributed by atoms with Crippen LogP contribution in [0.5, 0.6) is 5.75 Å². The number of hydrogen-bond acceptors (Lipinski definition) is 4. The number of nitrogens with zero attached hydrogens (tertiary/aromatic N) is 1. The predicted octanol–water partition coefficient (Wildman–Crippen LogP) is 3.19. The molecule has 0 saturated heterocycles. The molecule has 0 unspecified atom stereocenters. The molecule has 0 saturated carbocycles. The van der Waals surface area contributed by atoms with Gasteiger partial charge in [0.25, 0.3) is 0 Å². The second kappa shape index (κ2) is 4.03. The summed E-state index contributed by atoms with van der Waals surface area (Å²) in [5, 5.41) is 3.90. The molecular weight excluding hydrogens is 246 g/mol. The number of nitrogens with one attached hydrogen (secondary N) is 1. The quantitative estimate of drug-likeness (QED) is 0.743. The topological polar surface area (TPSA) is 63.9 Å². The van der Waals surface area contributed by atoms with Gasteiger partial charge in [-0.05, 0) is 25.1 Å². The maximum Gasteiger partial charge on any atom is 0.135 e. The van der Waals surface area contributed by atoms with E-state index in [4.69, 9.17) is 10.5 Å². The van der Waals surface area contributed by atoms with Crippen molar-refractivity contribution in [1.29, 1.82) is 0 Å². The van der Waals surface area contributed by atoms with E-state index in [0.29, 0.717) is 5.82 Å². The Morgan fingerprint density at radius 3 is 2.89 bits per heavy atom. The minimum atomic E-state index is 0.562. The zero-order chi connectivity index (χ0) is 12.7. The first-order chi connectivity index (χ1) is 8.69. The number of anilines is 1. The molecule has 0 bridgehead atoms. The number of benzene rings is 1. The lowest BCUT2D eigenvalue weighted by molar-refractivity contribution is 0.415. The number of hydrogen-bond donors (Lipinski definition) is 2. The largest absolute Gasteiger partial charge is 0.497 e. The minimum absolute atomic E-state index is 0.562. The number of fused-ring (bicyclic) bond motifs is 1. The smallest absolute Gasteiger partial charge is 0.135 e. The fourth-order valence-electron chi connectivity index (χ4n) is 2.11. The first-order valence-electron chi connectivity index (χ1n) is 5.56. The van der Waals surface area contributed by atoms with Crippen LogP contribution in [-0.4, -0.2) is 17.1 Å². The van der Waals surface area contributed by atoms with Gasteiger partial charge in [-0.15, -0.1) is 11.3 Å². The van der Waals surface area contributed by atoms with Gasteiger partial charge in [-0.2, -0.15) is 0 Å². The molecule has 4 nitrogen and oxygen atoms in total. The van der Waals surface area contributed by atoms with Crippen LogP contribution in [0, 0.1) is 6.92 Å². The van der Waals surface area contributed by atoms with Crippen LogP contribution in [0.4, 0.5) is 5.82 Å². The fourth-order valence-corrected chi connectivity index (χ4v) is 2.93. The van der Waals surface area contributed by atoms with E-state index in [-0.39, 0.29) is 0 Å². The molecule has 5 heteroatoms. The Morgan fingerprint density at radius 1 is 1.39 bits per heavy atom. The summed E-state index contributed by atoms with van der Waals surface area (Å²) in [6.45, 7) is 2.04. The molecule has 0 amide bonds. The molecule has 3 aromatic rings. The highest BCUT2D eigenvalue weighted by molar-refractivity contribution is 7.13. The highest BCUT2D eigenvalue weighted by atomic mass is 32.1. The Hall–Kier alpha value is -2.01. The van der Waals surface area contributed by atoms with Gasteiger partial charge in [-0.25, -0.2) is 4.98 Å².